The summed E-state index contributed by atoms with van der Waals surface area (Å²) in [6.07, 6.45) is 0.795. The molecule has 0 aliphatic carbocycles. The second-order valence-corrected chi connectivity index (χ2v) is 7.69. The molecule has 2 aromatic heterocycles. The van der Waals surface area contributed by atoms with Crippen LogP contribution in [0.1, 0.15) is 17.2 Å². The number of furan rings is 1. The number of halogens is 1. The van der Waals surface area contributed by atoms with Gasteiger partial charge in [-0.25, -0.2) is 9.37 Å². The van der Waals surface area contributed by atoms with Gasteiger partial charge in [-0.15, -0.1) is 11.3 Å². The molecular weight excluding hydrogens is 375 g/mol. The van der Waals surface area contributed by atoms with Crippen LogP contribution in [0.2, 0.25) is 0 Å². The molecule has 0 saturated heterocycles. The molecule has 4 aromatic rings. The minimum absolute atomic E-state index is 0.0168. The van der Waals surface area contributed by atoms with Gasteiger partial charge in [0.25, 0.3) is 0 Å². The van der Waals surface area contributed by atoms with E-state index < -0.39 is 0 Å². The molecule has 4 nitrogen and oxygen atoms in total. The highest BCUT2D eigenvalue weighted by Gasteiger charge is 2.14. The zero-order chi connectivity index (χ0) is 19.5. The maximum absolute atomic E-state index is 13.9. The minimum atomic E-state index is -0.324. The van der Waals surface area contributed by atoms with Gasteiger partial charge in [0.15, 0.2) is 0 Å². The van der Waals surface area contributed by atoms with Crippen molar-refractivity contribution in [3.8, 4) is 11.3 Å². The van der Waals surface area contributed by atoms with E-state index in [0.29, 0.717) is 36.5 Å². The summed E-state index contributed by atoms with van der Waals surface area (Å²) in [5.74, 6) is 0.835. The third-order valence-electron chi connectivity index (χ3n) is 4.52. The van der Waals surface area contributed by atoms with Gasteiger partial charge in [0.1, 0.15) is 22.3 Å². The van der Waals surface area contributed by atoms with Gasteiger partial charge in [-0.05, 0) is 36.4 Å². The van der Waals surface area contributed by atoms with Crippen molar-refractivity contribution in [3.63, 3.8) is 0 Å². The van der Waals surface area contributed by atoms with Crippen LogP contribution in [0.3, 0.4) is 0 Å². The fourth-order valence-corrected chi connectivity index (χ4v) is 4.04. The number of carbonyl (C=O) groups excluding carboxylic acids is 1. The molecule has 0 saturated carbocycles. The quantitative estimate of drug-likeness (QED) is 0.447. The zero-order valence-corrected chi connectivity index (χ0v) is 16.2. The fourth-order valence-electron chi connectivity index (χ4n) is 3.02. The summed E-state index contributed by atoms with van der Waals surface area (Å²) in [5, 5.41) is 0.914. The first-order chi connectivity index (χ1) is 13.6. The van der Waals surface area contributed by atoms with E-state index in [0.717, 1.165) is 15.2 Å². The lowest BCUT2D eigenvalue weighted by atomic mass is 10.1. The highest BCUT2D eigenvalue weighted by atomic mass is 32.1. The van der Waals surface area contributed by atoms with E-state index >= 15 is 0 Å². The Bertz CT molecular complexity index is 1090. The Balaban J connectivity index is 1.35. The Morgan fingerprint density at radius 1 is 1.11 bits per heavy atom. The van der Waals surface area contributed by atoms with Gasteiger partial charge in [-0.2, -0.15) is 0 Å². The van der Waals surface area contributed by atoms with Crippen molar-refractivity contribution in [2.75, 3.05) is 7.05 Å². The van der Waals surface area contributed by atoms with E-state index in [1.807, 2.05) is 24.3 Å². The number of nitrogens with zero attached hydrogens (tertiary/aromatic N) is 2. The van der Waals surface area contributed by atoms with E-state index in [-0.39, 0.29) is 11.7 Å². The molecule has 0 fully saturated rings. The van der Waals surface area contributed by atoms with Crippen LogP contribution >= 0.6 is 11.3 Å². The van der Waals surface area contributed by atoms with Gasteiger partial charge < -0.3 is 9.32 Å². The van der Waals surface area contributed by atoms with Crippen LogP contribution in [0.25, 0.3) is 21.5 Å². The zero-order valence-electron chi connectivity index (χ0n) is 15.4. The van der Waals surface area contributed by atoms with E-state index in [4.69, 9.17) is 4.42 Å². The van der Waals surface area contributed by atoms with Gasteiger partial charge in [-0.1, -0.05) is 24.3 Å². The van der Waals surface area contributed by atoms with Gasteiger partial charge >= 0.3 is 0 Å². The van der Waals surface area contributed by atoms with E-state index in [9.17, 15) is 9.18 Å². The predicted molar refractivity (Wildman–Crippen MR) is 109 cm³/mol. The summed E-state index contributed by atoms with van der Waals surface area (Å²) in [7, 11) is 1.78. The average Bonchev–Trinajstić information content (AvgIpc) is 3.32. The lowest BCUT2D eigenvalue weighted by Gasteiger charge is -2.15. The molecule has 0 radical (unpaired) electrons. The molecule has 1 amide bonds. The fraction of sp³-hybridized carbons (Fsp3) is 0.182. The maximum atomic E-state index is 13.9. The first-order valence-corrected chi connectivity index (χ1v) is 9.84. The van der Waals surface area contributed by atoms with Crippen LogP contribution in [0.4, 0.5) is 4.39 Å². The lowest BCUT2D eigenvalue weighted by Crippen LogP contribution is -2.26. The summed E-state index contributed by atoms with van der Waals surface area (Å²) in [6, 6.07) is 18.0. The first kappa shape index (κ1) is 18.4. The van der Waals surface area contributed by atoms with Crippen molar-refractivity contribution in [2.24, 2.45) is 0 Å². The first-order valence-electron chi connectivity index (χ1n) is 9.02. The molecule has 0 spiro atoms. The molecule has 4 rings (SSSR count). The van der Waals surface area contributed by atoms with Gasteiger partial charge in [0.05, 0.1) is 22.3 Å². The summed E-state index contributed by atoms with van der Waals surface area (Å²) in [5.41, 5.74) is 1.38. The largest absolute Gasteiger partial charge is 0.461 e. The number of thiazole rings is 1. The summed E-state index contributed by atoms with van der Waals surface area (Å²) in [4.78, 5) is 18.7. The Morgan fingerprint density at radius 3 is 2.71 bits per heavy atom. The molecule has 142 valence electrons. The number of hydrogen-bond donors (Lipinski definition) is 0. The van der Waals surface area contributed by atoms with E-state index in [1.165, 1.54) is 6.07 Å². The topological polar surface area (TPSA) is 46.3 Å². The van der Waals surface area contributed by atoms with Crippen molar-refractivity contribution in [2.45, 2.75) is 19.4 Å². The van der Waals surface area contributed by atoms with Crippen LogP contribution in [0.5, 0.6) is 0 Å². The van der Waals surface area contributed by atoms with Crippen molar-refractivity contribution in [1.29, 1.82) is 0 Å². The number of hydrogen-bond acceptors (Lipinski definition) is 4. The average molecular weight is 394 g/mol. The summed E-state index contributed by atoms with van der Waals surface area (Å²) in [6.45, 7) is 0.483. The van der Waals surface area contributed by atoms with Crippen LogP contribution < -0.4 is 0 Å². The Morgan fingerprint density at radius 2 is 1.89 bits per heavy atom. The normalized spacial score (nSPS) is 11.1. The van der Waals surface area contributed by atoms with Crippen LogP contribution in [0, 0.1) is 5.82 Å². The number of amides is 1. The molecule has 0 N–H and O–H groups in total. The van der Waals surface area contributed by atoms with E-state index in [1.54, 1.807) is 53.6 Å². The second kappa shape index (κ2) is 7.94. The van der Waals surface area contributed by atoms with Crippen LogP contribution in [-0.2, 0) is 17.8 Å². The highest BCUT2D eigenvalue weighted by molar-refractivity contribution is 7.18. The maximum Gasteiger partial charge on any atom is 0.223 e. The SMILES string of the molecule is CN(Cc1nc2ccccc2s1)C(=O)CCc1ccc(-c2ccccc2F)o1. The summed E-state index contributed by atoms with van der Waals surface area (Å²) >= 11 is 1.60. The van der Waals surface area contributed by atoms with Crippen LogP contribution in [-0.4, -0.2) is 22.8 Å². The second-order valence-electron chi connectivity index (χ2n) is 6.57. The number of benzene rings is 2. The van der Waals surface area contributed by atoms with Crippen molar-refractivity contribution in [1.82, 2.24) is 9.88 Å². The Hall–Kier alpha value is -2.99. The minimum Gasteiger partial charge on any atom is -0.461 e. The third-order valence-corrected chi connectivity index (χ3v) is 5.54. The molecule has 28 heavy (non-hydrogen) atoms. The number of aromatic nitrogens is 1. The molecule has 6 heteroatoms. The number of carbonyl (C=O) groups is 1. The predicted octanol–water partition coefficient (Wildman–Crippen LogP) is 5.29. The van der Waals surface area contributed by atoms with Gasteiger partial charge in [0.2, 0.25) is 5.91 Å². The number of rotatable bonds is 6. The van der Waals surface area contributed by atoms with Crippen molar-refractivity contribution in [3.05, 3.63) is 77.2 Å². The van der Waals surface area contributed by atoms with Gasteiger partial charge in [-0.3, -0.25) is 4.79 Å². The highest BCUT2D eigenvalue weighted by Crippen LogP contribution is 2.26. The Kier molecular flexibility index (Phi) is 5.21. The van der Waals surface area contributed by atoms with E-state index in [2.05, 4.69) is 4.98 Å². The molecule has 2 aromatic carbocycles. The number of aryl methyl sites for hydroxylation is 1. The molecule has 0 atom stereocenters. The standard InChI is InChI=1S/C22H19FN2O2S/c1-25(14-21-24-18-8-4-5-9-20(18)28-21)22(26)13-11-15-10-12-19(27-15)16-6-2-3-7-17(16)23/h2-10,12H,11,13-14H2,1H3. The monoisotopic (exact) mass is 394 g/mol. The van der Waals surface area contributed by atoms with Crippen LogP contribution in [0.15, 0.2) is 65.1 Å². The molecule has 2 heterocycles. The lowest BCUT2D eigenvalue weighted by molar-refractivity contribution is -0.130. The van der Waals surface area contributed by atoms with Crippen molar-refractivity contribution < 1.29 is 13.6 Å². The molecular formula is C22H19FN2O2S. The number of para-hydroxylation sites is 1. The van der Waals surface area contributed by atoms with Crippen molar-refractivity contribution >= 4 is 27.5 Å². The molecule has 0 aliphatic rings. The Labute approximate surface area is 166 Å². The molecule has 0 aliphatic heterocycles. The molecule has 0 bridgehead atoms. The summed E-state index contributed by atoms with van der Waals surface area (Å²) < 4.78 is 20.7. The molecule has 0 unspecified atom stereocenters. The van der Waals surface area contributed by atoms with Gasteiger partial charge in [0, 0.05) is 19.9 Å². The smallest absolute Gasteiger partial charge is 0.223 e. The number of fused-ring (bicyclic) bond motifs is 1. The third kappa shape index (κ3) is 3.97.